The molecule has 0 saturated carbocycles. The zero-order valence-electron chi connectivity index (χ0n) is 14.9. The summed E-state index contributed by atoms with van der Waals surface area (Å²) in [4.78, 5) is 13.7. The van der Waals surface area contributed by atoms with Crippen molar-refractivity contribution in [2.24, 2.45) is 0 Å². The maximum atomic E-state index is 12.3. The molecule has 0 fully saturated rings. The summed E-state index contributed by atoms with van der Waals surface area (Å²) < 4.78 is 11.3. The molecule has 138 valence electrons. The zero-order chi connectivity index (χ0) is 18.6. The highest BCUT2D eigenvalue weighted by Crippen LogP contribution is 2.14. The number of rotatable bonds is 5. The summed E-state index contributed by atoms with van der Waals surface area (Å²) in [5.41, 5.74) is 3.55. The Hall–Kier alpha value is -2.56. The van der Waals surface area contributed by atoms with E-state index in [0.717, 1.165) is 25.1 Å². The van der Waals surface area contributed by atoms with Crippen LogP contribution in [-0.2, 0) is 26.1 Å². The lowest BCUT2D eigenvalue weighted by molar-refractivity contribution is -0.930. The van der Waals surface area contributed by atoms with E-state index in [0.29, 0.717) is 17.3 Å². The number of hydrogen-bond acceptors (Lipinski definition) is 3. The van der Waals surface area contributed by atoms with E-state index >= 15 is 0 Å². The van der Waals surface area contributed by atoms with Crippen molar-refractivity contribution in [3.05, 3.63) is 98.6 Å². The Morgan fingerprint density at radius 1 is 1.07 bits per heavy atom. The summed E-state index contributed by atoms with van der Waals surface area (Å²) in [7, 11) is 0. The van der Waals surface area contributed by atoms with E-state index in [1.165, 1.54) is 22.3 Å². The molecule has 1 N–H and O–H groups in total. The average molecular weight is 383 g/mol. The van der Waals surface area contributed by atoms with Crippen LogP contribution in [0.1, 0.15) is 22.5 Å². The van der Waals surface area contributed by atoms with Crippen molar-refractivity contribution in [1.29, 1.82) is 0 Å². The van der Waals surface area contributed by atoms with Gasteiger partial charge in [0, 0.05) is 23.1 Å². The SMILES string of the molecule is O=c1cc(C[NH+]2CCc3ccccc3C2)occ1OCc1cccc(Cl)c1. The summed E-state index contributed by atoms with van der Waals surface area (Å²) in [5, 5.41) is 0.643. The van der Waals surface area contributed by atoms with Gasteiger partial charge in [0.25, 0.3) is 0 Å². The van der Waals surface area contributed by atoms with Crippen LogP contribution in [-0.4, -0.2) is 6.54 Å². The third-order valence-corrected chi connectivity index (χ3v) is 5.10. The van der Waals surface area contributed by atoms with E-state index in [2.05, 4.69) is 24.3 Å². The third kappa shape index (κ3) is 4.41. The molecule has 0 spiro atoms. The Balaban J connectivity index is 1.39. The highest BCUT2D eigenvalue weighted by atomic mass is 35.5. The lowest BCUT2D eigenvalue weighted by atomic mass is 10.00. The molecular formula is C22H21ClNO3+. The van der Waals surface area contributed by atoms with Gasteiger partial charge >= 0.3 is 0 Å². The van der Waals surface area contributed by atoms with Crippen LogP contribution in [0.2, 0.25) is 5.02 Å². The van der Waals surface area contributed by atoms with Gasteiger partial charge in [-0.25, -0.2) is 0 Å². The van der Waals surface area contributed by atoms with Gasteiger partial charge in [0.2, 0.25) is 11.2 Å². The van der Waals surface area contributed by atoms with Crippen molar-refractivity contribution < 1.29 is 14.1 Å². The maximum Gasteiger partial charge on any atom is 0.227 e. The quantitative estimate of drug-likeness (QED) is 0.737. The van der Waals surface area contributed by atoms with Crippen LogP contribution in [0.15, 0.2) is 70.1 Å². The molecule has 1 aliphatic rings. The van der Waals surface area contributed by atoms with Gasteiger partial charge in [-0.05, 0) is 23.3 Å². The van der Waals surface area contributed by atoms with E-state index in [1.54, 1.807) is 12.1 Å². The molecule has 4 nitrogen and oxygen atoms in total. The molecule has 2 heterocycles. The number of quaternary nitrogens is 1. The molecule has 0 aliphatic carbocycles. The number of halogens is 1. The molecule has 0 radical (unpaired) electrons. The van der Waals surface area contributed by atoms with Gasteiger partial charge in [0.15, 0.2) is 5.76 Å². The monoisotopic (exact) mass is 382 g/mol. The second-order valence-electron chi connectivity index (χ2n) is 6.87. The standard InChI is InChI=1S/C22H20ClNO3/c23-19-7-3-4-16(10-19)14-27-22-15-26-20(11-21(22)25)13-24-9-8-17-5-1-2-6-18(17)12-24/h1-7,10-11,15H,8-9,12-14H2/p+1. The second kappa shape index (κ2) is 7.99. The first kappa shape index (κ1) is 17.8. The van der Waals surface area contributed by atoms with E-state index in [4.69, 9.17) is 20.8 Å². The molecule has 1 aromatic heterocycles. The van der Waals surface area contributed by atoms with Crippen LogP contribution in [0.25, 0.3) is 0 Å². The van der Waals surface area contributed by atoms with Gasteiger partial charge in [-0.15, -0.1) is 0 Å². The highest BCUT2D eigenvalue weighted by molar-refractivity contribution is 6.30. The molecule has 3 aromatic rings. The van der Waals surface area contributed by atoms with Crippen LogP contribution in [0.3, 0.4) is 0 Å². The maximum absolute atomic E-state index is 12.3. The van der Waals surface area contributed by atoms with Crippen LogP contribution in [0.5, 0.6) is 5.75 Å². The van der Waals surface area contributed by atoms with Crippen molar-refractivity contribution in [2.75, 3.05) is 6.54 Å². The molecule has 0 amide bonds. The van der Waals surface area contributed by atoms with E-state index in [9.17, 15) is 4.79 Å². The van der Waals surface area contributed by atoms with Crippen molar-refractivity contribution in [3.63, 3.8) is 0 Å². The summed E-state index contributed by atoms with van der Waals surface area (Å²) in [5.74, 6) is 0.905. The molecule has 2 aromatic carbocycles. The van der Waals surface area contributed by atoms with Gasteiger partial charge in [-0.1, -0.05) is 48.0 Å². The van der Waals surface area contributed by atoms with Gasteiger partial charge in [-0.3, -0.25) is 4.79 Å². The summed E-state index contributed by atoms with van der Waals surface area (Å²) in [6.07, 6.45) is 2.47. The molecule has 1 unspecified atom stereocenters. The Morgan fingerprint density at radius 3 is 2.74 bits per heavy atom. The number of hydrogen-bond donors (Lipinski definition) is 1. The van der Waals surface area contributed by atoms with Crippen molar-refractivity contribution >= 4 is 11.6 Å². The van der Waals surface area contributed by atoms with Crippen LogP contribution in [0, 0.1) is 0 Å². The lowest BCUT2D eigenvalue weighted by Crippen LogP contribution is -3.10. The normalized spacial score (nSPS) is 16.0. The van der Waals surface area contributed by atoms with E-state index in [-0.39, 0.29) is 17.8 Å². The minimum absolute atomic E-state index is 0.157. The molecule has 0 saturated heterocycles. The van der Waals surface area contributed by atoms with Gasteiger partial charge < -0.3 is 14.1 Å². The fourth-order valence-electron chi connectivity index (χ4n) is 3.46. The fraction of sp³-hybridized carbons (Fsp3) is 0.227. The second-order valence-corrected chi connectivity index (χ2v) is 7.30. The van der Waals surface area contributed by atoms with Gasteiger partial charge in [0.1, 0.15) is 26.0 Å². The Bertz CT molecular complexity index is 999. The van der Waals surface area contributed by atoms with E-state index in [1.807, 2.05) is 18.2 Å². The number of benzene rings is 2. The lowest BCUT2D eigenvalue weighted by Gasteiger charge is -2.25. The minimum atomic E-state index is -0.157. The molecule has 1 atom stereocenters. The Kier molecular flexibility index (Phi) is 5.28. The number of nitrogens with one attached hydrogen (secondary N) is 1. The summed E-state index contributed by atoms with van der Waals surface area (Å²) >= 11 is 5.96. The molecule has 0 bridgehead atoms. The van der Waals surface area contributed by atoms with Gasteiger partial charge in [-0.2, -0.15) is 0 Å². The topological polar surface area (TPSA) is 43.9 Å². The third-order valence-electron chi connectivity index (χ3n) is 4.87. The first-order chi connectivity index (χ1) is 13.2. The van der Waals surface area contributed by atoms with E-state index < -0.39 is 0 Å². The molecule has 5 heteroatoms. The first-order valence-corrected chi connectivity index (χ1v) is 9.44. The summed E-state index contributed by atoms with van der Waals surface area (Å²) in [6, 6.07) is 17.5. The number of fused-ring (bicyclic) bond motifs is 1. The zero-order valence-corrected chi connectivity index (χ0v) is 15.7. The highest BCUT2D eigenvalue weighted by Gasteiger charge is 2.20. The predicted octanol–water partition coefficient (Wildman–Crippen LogP) is 3.01. The van der Waals surface area contributed by atoms with Crippen molar-refractivity contribution in [2.45, 2.75) is 26.1 Å². The molecule has 27 heavy (non-hydrogen) atoms. The predicted molar refractivity (Wildman–Crippen MR) is 104 cm³/mol. The average Bonchev–Trinajstić information content (AvgIpc) is 2.67. The van der Waals surface area contributed by atoms with Crippen LogP contribution < -0.4 is 15.1 Å². The Labute approximate surface area is 163 Å². The van der Waals surface area contributed by atoms with Crippen LogP contribution in [0.4, 0.5) is 0 Å². The van der Waals surface area contributed by atoms with Gasteiger partial charge in [0.05, 0.1) is 6.54 Å². The largest absolute Gasteiger partial charge is 0.482 e. The smallest absolute Gasteiger partial charge is 0.227 e. The molecule has 1 aliphatic heterocycles. The molecular weight excluding hydrogens is 362 g/mol. The molecule has 4 rings (SSSR count). The fourth-order valence-corrected chi connectivity index (χ4v) is 3.68. The van der Waals surface area contributed by atoms with Crippen molar-refractivity contribution in [3.8, 4) is 5.75 Å². The Morgan fingerprint density at radius 2 is 1.93 bits per heavy atom. The summed E-state index contributed by atoms with van der Waals surface area (Å²) in [6.45, 7) is 2.96. The van der Waals surface area contributed by atoms with Crippen molar-refractivity contribution in [1.82, 2.24) is 0 Å². The first-order valence-electron chi connectivity index (χ1n) is 9.07. The number of ether oxygens (including phenoxy) is 1. The van der Waals surface area contributed by atoms with Crippen LogP contribution >= 0.6 is 11.6 Å². The minimum Gasteiger partial charge on any atom is -0.482 e.